The minimum atomic E-state index is -0.447. The number of thiocarbonyl (C=S) groups is 1. The van der Waals surface area contributed by atoms with Gasteiger partial charge in [0.25, 0.3) is 0 Å². The van der Waals surface area contributed by atoms with Gasteiger partial charge in [0.05, 0.1) is 13.2 Å². The summed E-state index contributed by atoms with van der Waals surface area (Å²) in [6.45, 7) is 4.19. The van der Waals surface area contributed by atoms with Crippen LogP contribution in [0.3, 0.4) is 0 Å². The van der Waals surface area contributed by atoms with Gasteiger partial charge in [-0.15, -0.1) is 0 Å². The van der Waals surface area contributed by atoms with Gasteiger partial charge in [0.2, 0.25) is 0 Å². The van der Waals surface area contributed by atoms with E-state index in [9.17, 15) is 4.79 Å². The monoisotopic (exact) mass is 370 g/mol. The molecule has 2 N–H and O–H groups in total. The molecule has 1 aromatic carbocycles. The second-order valence-corrected chi connectivity index (χ2v) is 6.85. The lowest BCUT2D eigenvalue weighted by Crippen LogP contribution is -2.47. The van der Waals surface area contributed by atoms with E-state index in [2.05, 4.69) is 10.6 Å². The Hall–Kier alpha value is -1.47. The Morgan fingerprint density at radius 3 is 2.67 bits per heavy atom. The van der Waals surface area contributed by atoms with E-state index in [4.69, 9.17) is 21.7 Å². The number of hydrogen-bond acceptors (Lipinski definition) is 5. The molecule has 0 amide bonds. The summed E-state index contributed by atoms with van der Waals surface area (Å²) in [6, 6.07) is 7.27. The topological polar surface area (TPSA) is 59.6 Å². The van der Waals surface area contributed by atoms with Crippen molar-refractivity contribution in [2.24, 2.45) is 0 Å². The Balaban J connectivity index is 2.59. The van der Waals surface area contributed by atoms with Crippen LogP contribution in [0, 0.1) is 0 Å². The van der Waals surface area contributed by atoms with E-state index < -0.39 is 6.04 Å². The highest BCUT2D eigenvalue weighted by atomic mass is 32.2. The largest absolute Gasteiger partial charge is 0.496 e. The number of carbonyl (C=O) groups excluding carboxylic acids is 1. The molecule has 1 atom stereocenters. The smallest absolute Gasteiger partial charge is 0.328 e. The highest BCUT2D eigenvalue weighted by Gasteiger charge is 2.21. The maximum absolute atomic E-state index is 12.2. The van der Waals surface area contributed by atoms with Crippen LogP contribution in [0.5, 0.6) is 5.75 Å². The summed E-state index contributed by atoms with van der Waals surface area (Å²) in [5, 5.41) is 6.59. The van der Waals surface area contributed by atoms with Crippen LogP contribution in [0.2, 0.25) is 0 Å². The normalized spacial score (nSPS) is 11.7. The summed E-state index contributed by atoms with van der Waals surface area (Å²) in [6.07, 6.45) is 2.51. The molecule has 0 aliphatic heterocycles. The molecule has 0 saturated carbocycles. The van der Waals surface area contributed by atoms with Gasteiger partial charge >= 0.3 is 5.97 Å². The number of esters is 1. The van der Waals surface area contributed by atoms with Crippen LogP contribution in [0.1, 0.15) is 25.8 Å². The number of methoxy groups -OCH3 is 1. The predicted octanol–water partition coefficient (Wildman–Crippen LogP) is 2.73. The van der Waals surface area contributed by atoms with Crippen LogP contribution in [0.4, 0.5) is 0 Å². The molecule has 0 heterocycles. The fourth-order valence-corrected chi connectivity index (χ4v) is 2.72. The van der Waals surface area contributed by atoms with Gasteiger partial charge in [-0.3, -0.25) is 0 Å². The Kier molecular flexibility index (Phi) is 9.56. The Labute approximate surface area is 153 Å². The van der Waals surface area contributed by atoms with Gasteiger partial charge in [-0.1, -0.05) is 18.2 Å². The number of thioether (sulfide) groups is 1. The van der Waals surface area contributed by atoms with E-state index >= 15 is 0 Å². The third kappa shape index (κ3) is 7.40. The molecule has 0 bridgehead atoms. The Morgan fingerprint density at radius 2 is 2.04 bits per heavy atom. The van der Waals surface area contributed by atoms with Gasteiger partial charge in [-0.25, -0.2) is 4.79 Å². The molecule has 24 heavy (non-hydrogen) atoms. The molecular weight excluding hydrogens is 344 g/mol. The fraction of sp³-hybridized carbons (Fsp3) is 0.529. The highest BCUT2D eigenvalue weighted by Crippen LogP contribution is 2.16. The highest BCUT2D eigenvalue weighted by molar-refractivity contribution is 7.98. The van der Waals surface area contributed by atoms with Crippen molar-refractivity contribution in [2.75, 3.05) is 19.1 Å². The van der Waals surface area contributed by atoms with Crippen molar-refractivity contribution >= 4 is 35.1 Å². The van der Waals surface area contributed by atoms with Gasteiger partial charge < -0.3 is 20.1 Å². The summed E-state index contributed by atoms with van der Waals surface area (Å²) in [5.41, 5.74) is 0.995. The van der Waals surface area contributed by atoms with Gasteiger partial charge in [0, 0.05) is 12.1 Å². The van der Waals surface area contributed by atoms with E-state index in [0.29, 0.717) is 18.1 Å². The lowest BCUT2D eigenvalue weighted by atomic mass is 10.2. The number of rotatable bonds is 9. The maximum atomic E-state index is 12.2. The third-order valence-electron chi connectivity index (χ3n) is 3.18. The van der Waals surface area contributed by atoms with Crippen LogP contribution < -0.4 is 15.4 Å². The average molecular weight is 371 g/mol. The molecule has 0 fully saturated rings. The van der Waals surface area contributed by atoms with E-state index in [1.54, 1.807) is 18.9 Å². The van der Waals surface area contributed by atoms with Crippen molar-refractivity contribution in [3.8, 4) is 5.75 Å². The summed E-state index contributed by atoms with van der Waals surface area (Å²) in [4.78, 5) is 12.2. The molecule has 1 unspecified atom stereocenters. The first-order valence-electron chi connectivity index (χ1n) is 7.83. The van der Waals surface area contributed by atoms with Crippen LogP contribution in [0.25, 0.3) is 0 Å². The van der Waals surface area contributed by atoms with Gasteiger partial charge in [-0.05, 0) is 50.6 Å². The summed E-state index contributed by atoms with van der Waals surface area (Å²) >= 11 is 7.00. The zero-order valence-electron chi connectivity index (χ0n) is 14.6. The van der Waals surface area contributed by atoms with Gasteiger partial charge in [0.15, 0.2) is 5.11 Å². The van der Waals surface area contributed by atoms with Gasteiger partial charge in [-0.2, -0.15) is 11.8 Å². The standard InChI is InChI=1S/C17H26N2O3S2/c1-12(2)22-16(20)14(9-10-24-4)19-17(23)18-11-13-7-5-6-8-15(13)21-3/h5-8,12,14H,9-11H2,1-4H3,(H2,18,19,23). The Morgan fingerprint density at radius 1 is 1.33 bits per heavy atom. The summed E-state index contributed by atoms with van der Waals surface area (Å²) in [7, 11) is 1.63. The number of benzene rings is 1. The zero-order chi connectivity index (χ0) is 17.9. The molecule has 134 valence electrons. The average Bonchev–Trinajstić information content (AvgIpc) is 2.56. The molecule has 0 spiro atoms. The summed E-state index contributed by atoms with van der Waals surface area (Å²) in [5.74, 6) is 1.37. The van der Waals surface area contributed by atoms with Crippen LogP contribution >= 0.6 is 24.0 Å². The molecule has 0 aliphatic carbocycles. The molecule has 5 nitrogen and oxygen atoms in total. The predicted molar refractivity (Wildman–Crippen MR) is 104 cm³/mol. The first kappa shape index (κ1) is 20.6. The molecule has 1 aromatic rings. The minimum Gasteiger partial charge on any atom is -0.496 e. The van der Waals surface area contributed by atoms with Crippen molar-refractivity contribution in [3.63, 3.8) is 0 Å². The van der Waals surface area contributed by atoms with E-state index in [1.165, 1.54) is 0 Å². The molecule has 1 rings (SSSR count). The van der Waals surface area contributed by atoms with Crippen LogP contribution in [-0.4, -0.2) is 42.3 Å². The van der Waals surface area contributed by atoms with Crippen molar-refractivity contribution < 1.29 is 14.3 Å². The lowest BCUT2D eigenvalue weighted by Gasteiger charge is -2.21. The number of para-hydroxylation sites is 1. The molecule has 0 aliphatic rings. The number of carbonyl (C=O) groups is 1. The zero-order valence-corrected chi connectivity index (χ0v) is 16.3. The molecule has 0 aromatic heterocycles. The third-order valence-corrected chi connectivity index (χ3v) is 4.09. The molecule has 7 heteroatoms. The van der Waals surface area contributed by atoms with Gasteiger partial charge in [0.1, 0.15) is 11.8 Å². The lowest BCUT2D eigenvalue weighted by molar-refractivity contribution is -0.149. The van der Waals surface area contributed by atoms with Crippen molar-refractivity contribution in [2.45, 2.75) is 39.0 Å². The second kappa shape index (κ2) is 11.1. The maximum Gasteiger partial charge on any atom is 0.328 e. The van der Waals surface area contributed by atoms with Crippen LogP contribution in [0.15, 0.2) is 24.3 Å². The van der Waals surface area contributed by atoms with E-state index in [1.807, 2.05) is 44.4 Å². The van der Waals surface area contributed by atoms with Crippen LogP contribution in [-0.2, 0) is 16.1 Å². The molecule has 0 saturated heterocycles. The minimum absolute atomic E-state index is 0.147. The van der Waals surface area contributed by atoms with Crippen molar-refractivity contribution in [3.05, 3.63) is 29.8 Å². The molecule has 0 radical (unpaired) electrons. The molecular formula is C17H26N2O3S2. The number of ether oxygens (including phenoxy) is 2. The van der Waals surface area contributed by atoms with Crippen molar-refractivity contribution in [1.29, 1.82) is 0 Å². The van der Waals surface area contributed by atoms with E-state index in [0.717, 1.165) is 17.1 Å². The quantitative estimate of drug-likeness (QED) is 0.512. The SMILES string of the molecule is COc1ccccc1CNC(=S)NC(CCSC)C(=O)OC(C)C. The number of nitrogens with one attached hydrogen (secondary N) is 2. The second-order valence-electron chi connectivity index (χ2n) is 5.46. The fourth-order valence-electron chi connectivity index (χ4n) is 2.03. The first-order valence-corrected chi connectivity index (χ1v) is 9.63. The van der Waals surface area contributed by atoms with Crippen molar-refractivity contribution in [1.82, 2.24) is 10.6 Å². The first-order chi connectivity index (χ1) is 11.5. The number of hydrogen-bond donors (Lipinski definition) is 2. The van der Waals surface area contributed by atoms with E-state index in [-0.39, 0.29) is 12.1 Å². The summed E-state index contributed by atoms with van der Waals surface area (Å²) < 4.78 is 10.6. The Bertz CT molecular complexity index is 538.